The number of hydrogen-bond acceptors (Lipinski definition) is 4. The first-order valence-corrected chi connectivity index (χ1v) is 11.6. The van der Waals surface area contributed by atoms with E-state index < -0.39 is 28.7 Å². The van der Waals surface area contributed by atoms with Gasteiger partial charge in [0.05, 0.1) is 4.90 Å². The number of carbonyl (C=O) groups excluding carboxylic acids is 1. The Hall–Kier alpha value is -2.59. The second kappa shape index (κ2) is 9.50. The topological polar surface area (TPSA) is 75.7 Å². The first-order chi connectivity index (χ1) is 15.0. The zero-order chi connectivity index (χ0) is 23.5. The molecule has 6 nitrogen and oxygen atoms in total. The summed E-state index contributed by atoms with van der Waals surface area (Å²) in [7, 11) is -3.74. The van der Waals surface area contributed by atoms with Crippen LogP contribution in [0.1, 0.15) is 42.1 Å². The molecule has 1 heterocycles. The van der Waals surface area contributed by atoms with Gasteiger partial charge in [-0.25, -0.2) is 8.42 Å². The number of nitrogens with one attached hydrogen (secondary N) is 1. The molecule has 1 aliphatic rings. The highest BCUT2D eigenvalue weighted by atomic mass is 32.2. The van der Waals surface area contributed by atoms with Gasteiger partial charge in [-0.3, -0.25) is 4.79 Å². The summed E-state index contributed by atoms with van der Waals surface area (Å²) in [4.78, 5) is 12.9. The highest BCUT2D eigenvalue weighted by Crippen LogP contribution is 2.27. The molecular formula is C22H25F3N2O4S. The number of ether oxygens (including phenoxy) is 1. The highest BCUT2D eigenvalue weighted by Gasteiger charge is 2.31. The van der Waals surface area contributed by atoms with Gasteiger partial charge in [0, 0.05) is 23.8 Å². The molecule has 1 amide bonds. The molecule has 0 saturated carbocycles. The molecule has 32 heavy (non-hydrogen) atoms. The summed E-state index contributed by atoms with van der Waals surface area (Å²) < 4.78 is 69.1. The summed E-state index contributed by atoms with van der Waals surface area (Å²) in [5.41, 5.74) is 1.14. The third kappa shape index (κ3) is 5.80. The minimum absolute atomic E-state index is 0.0141. The Kier molecular flexibility index (Phi) is 7.14. The van der Waals surface area contributed by atoms with E-state index in [9.17, 15) is 26.4 Å². The van der Waals surface area contributed by atoms with Gasteiger partial charge in [-0.1, -0.05) is 12.5 Å². The van der Waals surface area contributed by atoms with Crippen LogP contribution in [-0.4, -0.2) is 44.0 Å². The van der Waals surface area contributed by atoms with Crippen molar-refractivity contribution in [3.63, 3.8) is 0 Å². The van der Waals surface area contributed by atoms with Gasteiger partial charge in [-0.2, -0.15) is 17.5 Å². The van der Waals surface area contributed by atoms with Crippen LogP contribution in [0, 0.1) is 6.92 Å². The molecule has 2 aromatic rings. The van der Waals surface area contributed by atoms with Gasteiger partial charge in [0.15, 0.2) is 6.61 Å². The molecule has 0 aromatic heterocycles. The monoisotopic (exact) mass is 470 g/mol. The summed E-state index contributed by atoms with van der Waals surface area (Å²) in [6, 6.07) is 9.79. The molecule has 0 spiro atoms. The largest absolute Gasteiger partial charge is 0.484 e. The second-order valence-electron chi connectivity index (χ2n) is 7.82. The van der Waals surface area contributed by atoms with Crippen molar-refractivity contribution in [2.45, 2.75) is 50.2 Å². The van der Waals surface area contributed by atoms with Crippen LogP contribution in [0.15, 0.2) is 47.4 Å². The van der Waals surface area contributed by atoms with Crippen molar-refractivity contribution in [3.8, 4) is 5.75 Å². The number of benzene rings is 2. The number of aryl methyl sites for hydroxylation is 1. The predicted molar refractivity (Wildman–Crippen MR) is 114 cm³/mol. The van der Waals surface area contributed by atoms with E-state index in [-0.39, 0.29) is 22.3 Å². The molecule has 1 fully saturated rings. The number of piperidine rings is 1. The average molecular weight is 471 g/mol. The zero-order valence-electron chi connectivity index (χ0n) is 17.8. The fourth-order valence-electron chi connectivity index (χ4n) is 3.57. The number of amides is 1. The molecule has 10 heteroatoms. The second-order valence-corrected chi connectivity index (χ2v) is 9.71. The van der Waals surface area contributed by atoms with Crippen LogP contribution >= 0.6 is 0 Å². The van der Waals surface area contributed by atoms with Crippen molar-refractivity contribution >= 4 is 21.6 Å². The van der Waals surface area contributed by atoms with E-state index in [1.807, 2.05) is 6.92 Å². The van der Waals surface area contributed by atoms with Crippen LogP contribution in [0.4, 0.5) is 18.9 Å². The molecule has 2 aromatic carbocycles. The number of rotatable bonds is 6. The van der Waals surface area contributed by atoms with Crippen LogP contribution < -0.4 is 10.1 Å². The van der Waals surface area contributed by atoms with Crippen LogP contribution in [0.25, 0.3) is 0 Å². The molecule has 0 bridgehead atoms. The Morgan fingerprint density at radius 2 is 1.84 bits per heavy atom. The molecule has 0 aliphatic carbocycles. The van der Waals surface area contributed by atoms with Crippen LogP contribution in [0.2, 0.25) is 0 Å². The van der Waals surface area contributed by atoms with Gasteiger partial charge in [-0.05, 0) is 68.7 Å². The maximum absolute atomic E-state index is 13.1. The minimum atomic E-state index is -4.44. The Bertz CT molecular complexity index is 1070. The van der Waals surface area contributed by atoms with E-state index in [2.05, 4.69) is 10.1 Å². The Morgan fingerprint density at radius 3 is 2.47 bits per heavy atom. The minimum Gasteiger partial charge on any atom is -0.484 e. The summed E-state index contributed by atoms with van der Waals surface area (Å²) >= 11 is 0. The Labute approximate surface area is 185 Å². The number of sulfonamides is 1. The molecule has 0 radical (unpaired) electrons. The Balaban J connectivity index is 1.76. The zero-order valence-corrected chi connectivity index (χ0v) is 18.6. The van der Waals surface area contributed by atoms with Crippen LogP contribution in [0.3, 0.4) is 0 Å². The van der Waals surface area contributed by atoms with E-state index in [4.69, 9.17) is 0 Å². The van der Waals surface area contributed by atoms with Crippen molar-refractivity contribution in [2.75, 3.05) is 18.5 Å². The number of nitrogens with zero attached hydrogens (tertiary/aromatic N) is 1. The van der Waals surface area contributed by atoms with Gasteiger partial charge >= 0.3 is 6.18 Å². The maximum atomic E-state index is 13.1. The number of alkyl halides is 3. The molecule has 1 atom stereocenters. The molecular weight excluding hydrogens is 445 g/mol. The van der Waals surface area contributed by atoms with Crippen molar-refractivity contribution in [1.82, 2.24) is 4.31 Å². The van der Waals surface area contributed by atoms with E-state index in [1.54, 1.807) is 13.0 Å². The number of anilines is 1. The third-order valence-electron chi connectivity index (χ3n) is 5.32. The molecule has 1 N–H and O–H groups in total. The molecule has 174 valence electrons. The standard InChI is InChI=1S/C22H25F3N2O4S/c1-15-6-11-19(32(29,30)27-12-4-3-5-16(27)2)13-20(15)21(28)26-17-7-9-18(10-8-17)31-14-22(23,24)25/h6-11,13,16H,3-5,12,14H2,1-2H3,(H,26,28). The predicted octanol–water partition coefficient (Wildman–Crippen LogP) is 4.75. The summed E-state index contributed by atoms with van der Waals surface area (Å²) in [6.45, 7) is 2.61. The quantitative estimate of drug-likeness (QED) is 0.661. The van der Waals surface area contributed by atoms with E-state index >= 15 is 0 Å². The van der Waals surface area contributed by atoms with Gasteiger partial charge in [-0.15, -0.1) is 0 Å². The fourth-order valence-corrected chi connectivity index (χ4v) is 5.29. The lowest BCUT2D eigenvalue weighted by molar-refractivity contribution is -0.153. The van der Waals surface area contributed by atoms with Crippen LogP contribution in [-0.2, 0) is 10.0 Å². The number of hydrogen-bond donors (Lipinski definition) is 1. The van der Waals surface area contributed by atoms with Gasteiger partial charge in [0.1, 0.15) is 5.75 Å². The van der Waals surface area contributed by atoms with E-state index in [1.165, 1.54) is 40.7 Å². The van der Waals surface area contributed by atoms with Gasteiger partial charge in [0.2, 0.25) is 10.0 Å². The SMILES string of the molecule is Cc1ccc(S(=O)(=O)N2CCCCC2C)cc1C(=O)Nc1ccc(OCC(F)(F)F)cc1. The van der Waals surface area contributed by atoms with Crippen molar-refractivity contribution in [1.29, 1.82) is 0 Å². The third-order valence-corrected chi connectivity index (χ3v) is 7.33. The fraction of sp³-hybridized carbons (Fsp3) is 0.409. The van der Waals surface area contributed by atoms with Crippen molar-refractivity contribution < 1.29 is 31.1 Å². The lowest BCUT2D eigenvalue weighted by Crippen LogP contribution is -2.42. The lowest BCUT2D eigenvalue weighted by atomic mass is 10.1. The molecule has 3 rings (SSSR count). The molecule has 1 aliphatic heterocycles. The summed E-state index contributed by atoms with van der Waals surface area (Å²) in [5, 5.41) is 2.64. The van der Waals surface area contributed by atoms with E-state index in [0.29, 0.717) is 17.8 Å². The number of carbonyl (C=O) groups is 1. The normalized spacial score (nSPS) is 17.7. The smallest absolute Gasteiger partial charge is 0.422 e. The van der Waals surface area contributed by atoms with Gasteiger partial charge in [0.25, 0.3) is 5.91 Å². The number of halogens is 3. The summed E-state index contributed by atoms with van der Waals surface area (Å²) in [5.74, 6) is -0.504. The first kappa shape index (κ1) is 24.1. The average Bonchev–Trinajstić information content (AvgIpc) is 2.73. The van der Waals surface area contributed by atoms with Crippen molar-refractivity contribution in [2.24, 2.45) is 0 Å². The summed E-state index contributed by atoms with van der Waals surface area (Å²) in [6.07, 6.45) is -1.87. The van der Waals surface area contributed by atoms with Gasteiger partial charge < -0.3 is 10.1 Å². The van der Waals surface area contributed by atoms with Crippen molar-refractivity contribution in [3.05, 3.63) is 53.6 Å². The molecule has 1 unspecified atom stereocenters. The Morgan fingerprint density at radius 1 is 1.16 bits per heavy atom. The van der Waals surface area contributed by atoms with Crippen LogP contribution in [0.5, 0.6) is 5.75 Å². The molecule has 1 saturated heterocycles. The lowest BCUT2D eigenvalue weighted by Gasteiger charge is -2.32. The first-order valence-electron chi connectivity index (χ1n) is 10.2. The maximum Gasteiger partial charge on any atom is 0.422 e. The van der Waals surface area contributed by atoms with E-state index in [0.717, 1.165) is 19.3 Å². The highest BCUT2D eigenvalue weighted by molar-refractivity contribution is 7.89.